The van der Waals surface area contributed by atoms with Gasteiger partial charge in [-0.15, -0.1) is 0 Å². The topological polar surface area (TPSA) is 32.3 Å². The number of rotatable bonds is 7. The van der Waals surface area contributed by atoms with Crippen molar-refractivity contribution in [1.29, 1.82) is 0 Å². The molecular weight excluding hydrogens is 219 g/mol. The summed E-state index contributed by atoms with van der Waals surface area (Å²) in [4.78, 5) is 0. The van der Waals surface area contributed by atoms with Crippen LogP contribution in [0.3, 0.4) is 0 Å². The molecule has 0 saturated heterocycles. The first-order valence-corrected chi connectivity index (χ1v) is 5.71. The summed E-state index contributed by atoms with van der Waals surface area (Å²) < 4.78 is 35.7. The second kappa shape index (κ2) is 7.12. The zero-order valence-electron chi connectivity index (χ0n) is 10.1. The average molecular weight is 241 g/mol. The molecule has 0 heterocycles. The first-order valence-electron chi connectivity index (χ1n) is 5.71. The van der Waals surface area contributed by atoms with Gasteiger partial charge in [-0.1, -0.05) is 0 Å². The summed E-state index contributed by atoms with van der Waals surface area (Å²) in [6.07, 6.45) is -3.88. The van der Waals surface area contributed by atoms with Crippen molar-refractivity contribution < 1.29 is 18.3 Å². The lowest BCUT2D eigenvalue weighted by molar-refractivity contribution is -0.135. The second-order valence-electron chi connectivity index (χ2n) is 4.56. The fraction of sp³-hybridized carbons (Fsp3) is 1.00. The van der Waals surface area contributed by atoms with Crippen molar-refractivity contribution in [2.75, 3.05) is 0 Å². The minimum absolute atomic E-state index is 0.0519. The van der Waals surface area contributed by atoms with Crippen LogP contribution in [-0.2, 0) is 0 Å². The third-order valence-electron chi connectivity index (χ3n) is 2.36. The fourth-order valence-corrected chi connectivity index (χ4v) is 1.76. The number of aliphatic hydroxyl groups is 1. The van der Waals surface area contributed by atoms with Crippen LogP contribution in [0.1, 0.15) is 46.5 Å². The van der Waals surface area contributed by atoms with Gasteiger partial charge in [0.15, 0.2) is 0 Å². The number of nitrogens with one attached hydrogen (secondary N) is 1. The van der Waals surface area contributed by atoms with Gasteiger partial charge in [-0.2, -0.15) is 13.2 Å². The first kappa shape index (κ1) is 15.7. The molecular formula is C11H22F3NO. The molecule has 0 aromatic heterocycles. The molecule has 0 fully saturated rings. The summed E-state index contributed by atoms with van der Waals surface area (Å²) in [7, 11) is 0. The molecule has 0 aliphatic heterocycles. The molecule has 0 rings (SSSR count). The minimum Gasteiger partial charge on any atom is -0.393 e. The van der Waals surface area contributed by atoms with E-state index < -0.39 is 12.6 Å². The highest BCUT2D eigenvalue weighted by Crippen LogP contribution is 2.22. The Morgan fingerprint density at radius 3 is 2.12 bits per heavy atom. The van der Waals surface area contributed by atoms with E-state index in [-0.39, 0.29) is 24.6 Å². The Morgan fingerprint density at radius 2 is 1.69 bits per heavy atom. The van der Waals surface area contributed by atoms with Gasteiger partial charge in [0.05, 0.1) is 6.10 Å². The molecule has 0 aliphatic rings. The Kier molecular flexibility index (Phi) is 6.99. The Bertz CT molecular complexity index is 183. The monoisotopic (exact) mass is 241 g/mol. The summed E-state index contributed by atoms with van der Waals surface area (Å²) >= 11 is 0. The van der Waals surface area contributed by atoms with Crippen LogP contribution in [-0.4, -0.2) is 29.5 Å². The molecule has 2 N–H and O–H groups in total. The summed E-state index contributed by atoms with van der Waals surface area (Å²) in [6.45, 7) is 5.49. The van der Waals surface area contributed by atoms with Gasteiger partial charge in [0.1, 0.15) is 0 Å². The third kappa shape index (κ3) is 10.2. The SMILES string of the molecule is CC(O)CC(C)NC(C)CCCC(F)(F)F. The van der Waals surface area contributed by atoms with E-state index in [2.05, 4.69) is 5.32 Å². The highest BCUT2D eigenvalue weighted by molar-refractivity contribution is 4.70. The standard InChI is InChI=1S/C11H22F3NO/c1-8(5-4-6-11(12,13)14)15-9(2)7-10(3)16/h8-10,15-16H,4-7H2,1-3H3. The third-order valence-corrected chi connectivity index (χ3v) is 2.36. The quantitative estimate of drug-likeness (QED) is 0.718. The Morgan fingerprint density at radius 1 is 1.12 bits per heavy atom. The van der Waals surface area contributed by atoms with E-state index in [1.165, 1.54) is 0 Å². The van der Waals surface area contributed by atoms with E-state index in [9.17, 15) is 13.2 Å². The van der Waals surface area contributed by atoms with Crippen molar-refractivity contribution in [3.05, 3.63) is 0 Å². The summed E-state index contributed by atoms with van der Waals surface area (Å²) in [6, 6.07) is 0.178. The molecule has 0 aromatic rings. The molecule has 2 nitrogen and oxygen atoms in total. The van der Waals surface area contributed by atoms with Crippen LogP contribution in [0.4, 0.5) is 13.2 Å². The molecule has 0 saturated carbocycles. The normalized spacial score (nSPS) is 18.2. The molecule has 0 spiro atoms. The van der Waals surface area contributed by atoms with Crippen molar-refractivity contribution in [1.82, 2.24) is 5.32 Å². The number of hydrogen-bond donors (Lipinski definition) is 2. The van der Waals surface area contributed by atoms with E-state index in [4.69, 9.17) is 5.11 Å². The summed E-state index contributed by atoms with van der Waals surface area (Å²) in [5.74, 6) is 0. The maximum atomic E-state index is 11.9. The van der Waals surface area contributed by atoms with Gasteiger partial charge in [-0.25, -0.2) is 0 Å². The summed E-state index contributed by atoms with van der Waals surface area (Å²) in [5, 5.41) is 12.3. The van der Waals surface area contributed by atoms with E-state index in [0.717, 1.165) is 0 Å². The molecule has 0 aliphatic carbocycles. The van der Waals surface area contributed by atoms with Gasteiger partial charge in [-0.3, -0.25) is 0 Å². The number of aliphatic hydroxyl groups excluding tert-OH is 1. The zero-order chi connectivity index (χ0) is 12.8. The van der Waals surface area contributed by atoms with Gasteiger partial charge in [0.2, 0.25) is 0 Å². The van der Waals surface area contributed by atoms with Crippen molar-refractivity contribution in [2.45, 2.75) is 70.8 Å². The smallest absolute Gasteiger partial charge is 0.389 e. The first-order chi connectivity index (χ1) is 7.20. The van der Waals surface area contributed by atoms with E-state index in [1.807, 2.05) is 13.8 Å². The molecule has 5 heteroatoms. The molecule has 16 heavy (non-hydrogen) atoms. The fourth-order valence-electron chi connectivity index (χ4n) is 1.76. The van der Waals surface area contributed by atoms with E-state index in [0.29, 0.717) is 12.8 Å². The molecule has 0 amide bonds. The van der Waals surface area contributed by atoms with Crippen LogP contribution in [0, 0.1) is 0 Å². The maximum absolute atomic E-state index is 11.9. The minimum atomic E-state index is -4.05. The van der Waals surface area contributed by atoms with Crippen molar-refractivity contribution in [3.63, 3.8) is 0 Å². The Labute approximate surface area is 95.2 Å². The zero-order valence-corrected chi connectivity index (χ0v) is 10.1. The molecule has 0 aromatic carbocycles. The molecule has 98 valence electrons. The van der Waals surface area contributed by atoms with Crippen LogP contribution in [0.2, 0.25) is 0 Å². The Hall–Kier alpha value is -0.290. The number of alkyl halides is 3. The average Bonchev–Trinajstić information content (AvgIpc) is 1.98. The van der Waals surface area contributed by atoms with Crippen molar-refractivity contribution in [3.8, 4) is 0 Å². The highest BCUT2D eigenvalue weighted by Gasteiger charge is 2.26. The Balaban J connectivity index is 3.62. The maximum Gasteiger partial charge on any atom is 0.389 e. The predicted octanol–water partition coefficient (Wildman–Crippen LogP) is 2.86. The van der Waals surface area contributed by atoms with Gasteiger partial charge in [0, 0.05) is 18.5 Å². The van der Waals surface area contributed by atoms with Crippen LogP contribution in [0.15, 0.2) is 0 Å². The van der Waals surface area contributed by atoms with Crippen LogP contribution >= 0.6 is 0 Å². The number of halogens is 3. The second-order valence-corrected chi connectivity index (χ2v) is 4.56. The van der Waals surface area contributed by atoms with Gasteiger partial charge in [0.25, 0.3) is 0 Å². The molecule has 0 radical (unpaired) electrons. The molecule has 0 bridgehead atoms. The van der Waals surface area contributed by atoms with Crippen molar-refractivity contribution >= 4 is 0 Å². The van der Waals surface area contributed by atoms with Crippen molar-refractivity contribution in [2.24, 2.45) is 0 Å². The largest absolute Gasteiger partial charge is 0.393 e. The summed E-state index contributed by atoms with van der Waals surface area (Å²) in [5.41, 5.74) is 0. The van der Waals surface area contributed by atoms with E-state index >= 15 is 0 Å². The van der Waals surface area contributed by atoms with Crippen LogP contribution in [0.5, 0.6) is 0 Å². The lowest BCUT2D eigenvalue weighted by atomic mass is 10.1. The lowest BCUT2D eigenvalue weighted by Crippen LogP contribution is -2.36. The van der Waals surface area contributed by atoms with Crippen LogP contribution in [0.25, 0.3) is 0 Å². The molecule has 3 unspecified atom stereocenters. The lowest BCUT2D eigenvalue weighted by Gasteiger charge is -2.21. The van der Waals surface area contributed by atoms with Gasteiger partial charge >= 0.3 is 6.18 Å². The van der Waals surface area contributed by atoms with Gasteiger partial charge in [-0.05, 0) is 40.0 Å². The van der Waals surface area contributed by atoms with Gasteiger partial charge < -0.3 is 10.4 Å². The molecule has 3 atom stereocenters. The van der Waals surface area contributed by atoms with E-state index in [1.54, 1.807) is 6.92 Å². The highest BCUT2D eigenvalue weighted by atomic mass is 19.4. The van der Waals surface area contributed by atoms with Crippen LogP contribution < -0.4 is 5.32 Å². The number of hydrogen-bond acceptors (Lipinski definition) is 2. The predicted molar refractivity (Wildman–Crippen MR) is 58.3 cm³/mol.